The molecule has 0 unspecified atom stereocenters. The first kappa shape index (κ1) is 23.8. The summed E-state index contributed by atoms with van der Waals surface area (Å²) < 4.78 is 5.56. The summed E-state index contributed by atoms with van der Waals surface area (Å²) in [7, 11) is 0. The summed E-state index contributed by atoms with van der Waals surface area (Å²) in [4.78, 5) is 38.1. The second-order valence-corrected chi connectivity index (χ2v) is 9.76. The monoisotopic (exact) mass is 464 g/mol. The van der Waals surface area contributed by atoms with Crippen molar-refractivity contribution >= 4 is 18.0 Å². The minimum Gasteiger partial charge on any atom is -0.481 e. The number of carbonyl (C=O) groups excluding carboxylic acids is 2. The van der Waals surface area contributed by atoms with E-state index in [0.29, 0.717) is 13.0 Å². The van der Waals surface area contributed by atoms with Crippen LogP contribution in [0.5, 0.6) is 0 Å². The Kier molecular flexibility index (Phi) is 6.91. The summed E-state index contributed by atoms with van der Waals surface area (Å²) in [6.45, 7) is 4.44. The minimum absolute atomic E-state index is 0.00231. The summed E-state index contributed by atoms with van der Waals surface area (Å²) in [5.41, 5.74) is 3.96. The number of hydrogen-bond donors (Lipinski definition) is 2. The van der Waals surface area contributed by atoms with E-state index in [1.54, 1.807) is 4.90 Å². The molecule has 0 spiro atoms. The van der Waals surface area contributed by atoms with Crippen LogP contribution in [0.4, 0.5) is 4.79 Å². The van der Waals surface area contributed by atoms with Gasteiger partial charge in [0, 0.05) is 30.5 Å². The fraction of sp³-hybridized carbons (Fsp3) is 0.444. The normalized spacial score (nSPS) is 14.8. The lowest BCUT2D eigenvalue weighted by molar-refractivity contribution is -0.143. The lowest BCUT2D eigenvalue weighted by Crippen LogP contribution is -2.44. The molecule has 2 aliphatic carbocycles. The van der Waals surface area contributed by atoms with Crippen molar-refractivity contribution < 1.29 is 24.2 Å². The van der Waals surface area contributed by atoms with Crippen molar-refractivity contribution in [2.45, 2.75) is 51.5 Å². The van der Waals surface area contributed by atoms with Gasteiger partial charge in [-0.3, -0.25) is 9.59 Å². The van der Waals surface area contributed by atoms with Crippen LogP contribution in [-0.2, 0) is 14.3 Å². The SMILES string of the molecule is CC(C)(CCNC(=O)OCC1c2ccccc2-c2ccccc21)C(=O)N(CCC(=O)O)C1CC1. The van der Waals surface area contributed by atoms with Crippen LogP contribution < -0.4 is 5.32 Å². The maximum Gasteiger partial charge on any atom is 0.407 e. The average molecular weight is 465 g/mol. The third kappa shape index (κ3) is 5.24. The molecule has 0 heterocycles. The molecule has 2 aromatic carbocycles. The summed E-state index contributed by atoms with van der Waals surface area (Å²) in [5.74, 6) is -0.976. The lowest BCUT2D eigenvalue weighted by atomic mass is 9.87. The molecule has 0 aliphatic heterocycles. The molecule has 1 fully saturated rings. The van der Waals surface area contributed by atoms with E-state index in [1.165, 1.54) is 11.1 Å². The predicted octanol–water partition coefficient (Wildman–Crippen LogP) is 4.41. The Morgan fingerprint density at radius 3 is 2.18 bits per heavy atom. The summed E-state index contributed by atoms with van der Waals surface area (Å²) in [6.07, 6.45) is 1.71. The van der Waals surface area contributed by atoms with Gasteiger partial charge in [0.2, 0.25) is 5.91 Å². The first-order valence-corrected chi connectivity index (χ1v) is 11.9. The molecule has 2 aliphatic rings. The van der Waals surface area contributed by atoms with Gasteiger partial charge < -0.3 is 20.1 Å². The zero-order valence-electron chi connectivity index (χ0n) is 19.8. The highest BCUT2D eigenvalue weighted by atomic mass is 16.5. The molecule has 2 aromatic rings. The molecule has 7 heteroatoms. The highest BCUT2D eigenvalue weighted by Gasteiger charge is 2.39. The summed E-state index contributed by atoms with van der Waals surface area (Å²) >= 11 is 0. The number of amides is 2. The first-order valence-electron chi connectivity index (χ1n) is 11.9. The Balaban J connectivity index is 1.28. The van der Waals surface area contributed by atoms with Crippen molar-refractivity contribution in [3.8, 4) is 11.1 Å². The molecule has 0 saturated heterocycles. The molecule has 0 bridgehead atoms. The zero-order valence-corrected chi connectivity index (χ0v) is 19.8. The van der Waals surface area contributed by atoms with Crippen LogP contribution in [0.25, 0.3) is 11.1 Å². The van der Waals surface area contributed by atoms with E-state index in [-0.39, 0.29) is 37.4 Å². The smallest absolute Gasteiger partial charge is 0.407 e. The van der Waals surface area contributed by atoms with Gasteiger partial charge in [-0.25, -0.2) is 4.79 Å². The predicted molar refractivity (Wildman–Crippen MR) is 128 cm³/mol. The molecule has 2 amide bonds. The number of benzene rings is 2. The Hall–Kier alpha value is -3.35. The van der Waals surface area contributed by atoms with Gasteiger partial charge in [0.1, 0.15) is 6.61 Å². The lowest BCUT2D eigenvalue weighted by Gasteiger charge is -2.32. The number of nitrogens with zero attached hydrogens (tertiary/aromatic N) is 1. The van der Waals surface area contributed by atoms with E-state index in [4.69, 9.17) is 9.84 Å². The molecular formula is C27H32N2O5. The van der Waals surface area contributed by atoms with Crippen LogP contribution in [0.2, 0.25) is 0 Å². The number of fused-ring (bicyclic) bond motifs is 3. The van der Waals surface area contributed by atoms with Crippen LogP contribution in [0.15, 0.2) is 48.5 Å². The van der Waals surface area contributed by atoms with Gasteiger partial charge in [-0.15, -0.1) is 0 Å². The van der Waals surface area contributed by atoms with Gasteiger partial charge in [0.15, 0.2) is 0 Å². The number of alkyl carbamates (subject to hydrolysis) is 1. The highest BCUT2D eigenvalue weighted by Crippen LogP contribution is 2.44. The van der Waals surface area contributed by atoms with Gasteiger partial charge in [0.05, 0.1) is 6.42 Å². The summed E-state index contributed by atoms with van der Waals surface area (Å²) in [6, 6.07) is 16.5. The number of carboxylic acid groups (broad SMARTS) is 1. The van der Waals surface area contributed by atoms with E-state index in [1.807, 2.05) is 38.1 Å². The standard InChI is InChI=1S/C27H32N2O5/c1-27(2,25(32)29(18-11-12-18)16-13-24(30)31)14-15-28-26(33)34-17-23-21-9-5-3-7-19(21)20-8-4-6-10-22(20)23/h3-10,18,23H,11-17H2,1-2H3,(H,28,33)(H,30,31). The third-order valence-corrected chi connectivity index (χ3v) is 6.76. The quantitative estimate of drug-likeness (QED) is 0.543. The van der Waals surface area contributed by atoms with E-state index in [2.05, 4.69) is 29.6 Å². The Morgan fingerprint density at radius 2 is 1.62 bits per heavy atom. The van der Waals surface area contributed by atoms with E-state index in [0.717, 1.165) is 24.0 Å². The van der Waals surface area contributed by atoms with Crippen LogP contribution in [0.3, 0.4) is 0 Å². The first-order chi connectivity index (χ1) is 16.3. The molecule has 180 valence electrons. The maximum atomic E-state index is 13.1. The van der Waals surface area contributed by atoms with Crippen molar-refractivity contribution in [2.75, 3.05) is 19.7 Å². The molecule has 34 heavy (non-hydrogen) atoms. The molecule has 0 aromatic heterocycles. The molecule has 2 N–H and O–H groups in total. The Morgan fingerprint density at radius 1 is 1.03 bits per heavy atom. The topological polar surface area (TPSA) is 95.9 Å². The van der Waals surface area contributed by atoms with Crippen LogP contribution >= 0.6 is 0 Å². The number of aliphatic carboxylic acids is 1. The number of nitrogens with one attached hydrogen (secondary N) is 1. The Labute approximate surface area is 200 Å². The fourth-order valence-electron chi connectivity index (χ4n) is 4.67. The van der Waals surface area contributed by atoms with Crippen molar-refractivity contribution in [1.82, 2.24) is 10.2 Å². The number of ether oxygens (including phenoxy) is 1. The van der Waals surface area contributed by atoms with Crippen LogP contribution in [-0.4, -0.2) is 53.7 Å². The van der Waals surface area contributed by atoms with Crippen molar-refractivity contribution in [3.63, 3.8) is 0 Å². The number of carboxylic acids is 1. The van der Waals surface area contributed by atoms with Gasteiger partial charge in [-0.05, 0) is 41.5 Å². The van der Waals surface area contributed by atoms with Gasteiger partial charge in [-0.1, -0.05) is 62.4 Å². The fourth-order valence-corrected chi connectivity index (χ4v) is 4.67. The van der Waals surface area contributed by atoms with E-state index in [9.17, 15) is 14.4 Å². The number of rotatable bonds is 10. The van der Waals surface area contributed by atoms with Crippen molar-refractivity contribution in [1.29, 1.82) is 0 Å². The summed E-state index contributed by atoms with van der Waals surface area (Å²) in [5, 5.41) is 11.8. The van der Waals surface area contributed by atoms with Crippen LogP contribution in [0.1, 0.15) is 56.6 Å². The number of carbonyl (C=O) groups is 3. The molecule has 4 rings (SSSR count). The molecule has 0 radical (unpaired) electrons. The van der Waals surface area contributed by atoms with Gasteiger partial charge in [-0.2, -0.15) is 0 Å². The Bertz CT molecular complexity index is 1030. The maximum absolute atomic E-state index is 13.1. The van der Waals surface area contributed by atoms with Gasteiger partial charge >= 0.3 is 12.1 Å². The molecule has 7 nitrogen and oxygen atoms in total. The molecule has 1 saturated carbocycles. The second kappa shape index (κ2) is 9.87. The average Bonchev–Trinajstić information content (AvgIpc) is 3.60. The highest BCUT2D eigenvalue weighted by molar-refractivity contribution is 5.83. The van der Waals surface area contributed by atoms with Crippen molar-refractivity contribution in [3.05, 3.63) is 59.7 Å². The third-order valence-electron chi connectivity index (χ3n) is 6.76. The largest absolute Gasteiger partial charge is 0.481 e. The van der Waals surface area contributed by atoms with E-state index >= 15 is 0 Å². The second-order valence-electron chi connectivity index (χ2n) is 9.76. The van der Waals surface area contributed by atoms with E-state index < -0.39 is 17.5 Å². The molecular weight excluding hydrogens is 432 g/mol. The number of hydrogen-bond acceptors (Lipinski definition) is 4. The molecule has 0 atom stereocenters. The van der Waals surface area contributed by atoms with Crippen LogP contribution in [0, 0.1) is 5.41 Å². The zero-order chi connectivity index (χ0) is 24.3. The minimum atomic E-state index is -0.909. The van der Waals surface area contributed by atoms with Crippen molar-refractivity contribution in [2.24, 2.45) is 5.41 Å². The van der Waals surface area contributed by atoms with Gasteiger partial charge in [0.25, 0.3) is 0 Å².